The number of ketones is 1. The number of likely N-dealkylation sites (N-methyl/N-ethyl adjacent to an activating group) is 1. The Morgan fingerprint density at radius 1 is 1.09 bits per heavy atom. The molecule has 1 saturated heterocycles. The van der Waals surface area contributed by atoms with Gasteiger partial charge in [0, 0.05) is 18.7 Å². The largest absolute Gasteiger partial charge is 0.872 e. The fraction of sp³-hybridized carbons (Fsp3) is 0.400. The van der Waals surface area contributed by atoms with Crippen LogP contribution in [0.15, 0.2) is 30.0 Å². The minimum absolute atomic E-state index is 0.0963. The Labute approximate surface area is 193 Å². The number of ether oxygens (including phenoxy) is 4. The summed E-state index contributed by atoms with van der Waals surface area (Å²) in [5.41, 5.74) is 1.65. The van der Waals surface area contributed by atoms with Gasteiger partial charge in [0.05, 0.1) is 40.0 Å². The lowest BCUT2D eigenvalue weighted by molar-refractivity contribution is -0.918. The van der Waals surface area contributed by atoms with Crippen molar-refractivity contribution in [2.45, 2.75) is 13.5 Å². The standard InChI is InChI=1S/C25H30N2O6/c1-5-26-8-10-27(11-9-26)15-18-19(28)7-6-17-23(29)20(33-24(17)18)12-16-13-21(30-2)25(32-4)22(14-16)31-3/h6-7,12-14,28H,5,8-11,15H2,1-4H3/b20-12-. The summed E-state index contributed by atoms with van der Waals surface area (Å²) >= 11 is 0. The first-order valence-electron chi connectivity index (χ1n) is 11.1. The number of Topliss-reactive ketones (excluding diaryl/α,β-unsaturated/α-hetero) is 1. The minimum Gasteiger partial charge on any atom is -0.872 e. The van der Waals surface area contributed by atoms with Crippen molar-refractivity contribution in [1.29, 1.82) is 0 Å². The zero-order valence-electron chi connectivity index (χ0n) is 19.5. The first-order chi connectivity index (χ1) is 16.0. The number of hydrogen-bond acceptors (Lipinski definition) is 7. The van der Waals surface area contributed by atoms with E-state index >= 15 is 0 Å². The number of fused-ring (bicyclic) bond motifs is 1. The second-order valence-corrected chi connectivity index (χ2v) is 8.18. The van der Waals surface area contributed by atoms with E-state index in [-0.39, 0.29) is 17.3 Å². The Balaban J connectivity index is 1.63. The summed E-state index contributed by atoms with van der Waals surface area (Å²) in [6, 6.07) is 6.51. The van der Waals surface area contributed by atoms with Gasteiger partial charge in [-0.3, -0.25) is 9.69 Å². The molecule has 0 aromatic heterocycles. The Morgan fingerprint density at radius 2 is 1.76 bits per heavy atom. The lowest BCUT2D eigenvalue weighted by Gasteiger charge is -2.32. The van der Waals surface area contributed by atoms with Crippen LogP contribution >= 0.6 is 0 Å². The van der Waals surface area contributed by atoms with Gasteiger partial charge in [-0.15, -0.1) is 0 Å². The van der Waals surface area contributed by atoms with Crippen LogP contribution in [-0.2, 0) is 6.54 Å². The van der Waals surface area contributed by atoms with Crippen molar-refractivity contribution in [1.82, 2.24) is 4.90 Å². The van der Waals surface area contributed by atoms with E-state index in [2.05, 4.69) is 11.8 Å². The molecule has 4 rings (SSSR count). The van der Waals surface area contributed by atoms with Crippen LogP contribution < -0.4 is 29.0 Å². The molecule has 8 nitrogen and oxygen atoms in total. The molecular formula is C25H30N2O6. The van der Waals surface area contributed by atoms with E-state index in [0.717, 1.165) is 32.7 Å². The van der Waals surface area contributed by atoms with Gasteiger partial charge in [-0.05, 0) is 36.4 Å². The number of quaternary nitrogens is 1. The number of benzene rings is 2. The molecule has 176 valence electrons. The van der Waals surface area contributed by atoms with Crippen molar-refractivity contribution >= 4 is 11.9 Å². The summed E-state index contributed by atoms with van der Waals surface area (Å²) in [6.07, 6.45) is 1.63. The fourth-order valence-electron chi connectivity index (χ4n) is 4.40. The summed E-state index contributed by atoms with van der Waals surface area (Å²) in [6.45, 7) is 7.66. The highest BCUT2D eigenvalue weighted by molar-refractivity contribution is 6.15. The molecule has 0 aliphatic carbocycles. The summed E-state index contributed by atoms with van der Waals surface area (Å²) in [7, 11) is 4.60. The zero-order valence-corrected chi connectivity index (χ0v) is 19.5. The zero-order chi connectivity index (χ0) is 23.5. The first-order valence-corrected chi connectivity index (χ1v) is 11.1. The topological polar surface area (TPSA) is 84.7 Å². The fourth-order valence-corrected chi connectivity index (χ4v) is 4.40. The maximum Gasteiger partial charge on any atom is 0.231 e. The maximum atomic E-state index is 13.1. The van der Waals surface area contributed by atoms with Crippen LogP contribution in [0.4, 0.5) is 0 Å². The van der Waals surface area contributed by atoms with Crippen LogP contribution in [0.25, 0.3) is 6.08 Å². The Hall–Kier alpha value is -3.23. The number of hydrogen-bond donors (Lipinski definition) is 1. The number of nitrogens with zero attached hydrogens (tertiary/aromatic N) is 1. The molecule has 1 N–H and O–H groups in total. The molecule has 8 heteroatoms. The molecule has 2 aliphatic heterocycles. The smallest absolute Gasteiger partial charge is 0.231 e. The van der Waals surface area contributed by atoms with Gasteiger partial charge in [-0.1, -0.05) is 18.7 Å². The molecular weight excluding hydrogens is 424 g/mol. The quantitative estimate of drug-likeness (QED) is 0.628. The SMILES string of the molecule is CCN1CC[NH+](Cc2c([O-])ccc3c2O/C(=C\c2cc(OC)c(OC)c(OC)c2)C3=O)CC1. The van der Waals surface area contributed by atoms with Gasteiger partial charge < -0.3 is 29.0 Å². The molecule has 2 heterocycles. The molecule has 2 aromatic carbocycles. The van der Waals surface area contributed by atoms with Crippen molar-refractivity contribution < 1.29 is 33.7 Å². The molecule has 0 radical (unpaired) electrons. The van der Waals surface area contributed by atoms with Crippen molar-refractivity contribution in [3.05, 3.63) is 46.7 Å². The Kier molecular flexibility index (Phi) is 6.76. The normalized spacial score (nSPS) is 17.7. The van der Waals surface area contributed by atoms with Gasteiger partial charge in [0.1, 0.15) is 12.3 Å². The van der Waals surface area contributed by atoms with Gasteiger partial charge in [0.25, 0.3) is 0 Å². The van der Waals surface area contributed by atoms with Crippen molar-refractivity contribution in [3.8, 4) is 28.7 Å². The predicted octanol–water partition coefficient (Wildman–Crippen LogP) is 1.12. The third kappa shape index (κ3) is 4.49. The number of allylic oxidation sites excluding steroid dienone is 1. The molecule has 0 spiro atoms. The average molecular weight is 455 g/mol. The third-order valence-electron chi connectivity index (χ3n) is 6.32. The van der Waals surface area contributed by atoms with E-state index in [1.807, 2.05) is 0 Å². The molecule has 0 bridgehead atoms. The van der Waals surface area contributed by atoms with Crippen LogP contribution in [0.3, 0.4) is 0 Å². The number of carbonyl (C=O) groups is 1. The first kappa shape index (κ1) is 22.9. The van der Waals surface area contributed by atoms with Crippen molar-refractivity contribution in [2.75, 3.05) is 54.1 Å². The van der Waals surface area contributed by atoms with Gasteiger partial charge in [-0.25, -0.2) is 0 Å². The molecule has 0 unspecified atom stereocenters. The van der Waals surface area contributed by atoms with Crippen LogP contribution in [0.1, 0.15) is 28.4 Å². The van der Waals surface area contributed by atoms with Crippen molar-refractivity contribution in [3.63, 3.8) is 0 Å². The van der Waals surface area contributed by atoms with E-state index < -0.39 is 0 Å². The number of piperazine rings is 1. The second kappa shape index (κ2) is 9.72. The summed E-state index contributed by atoms with van der Waals surface area (Å²) in [5, 5.41) is 12.7. The Bertz CT molecular complexity index is 1050. The van der Waals surface area contributed by atoms with Crippen LogP contribution in [0, 0.1) is 0 Å². The molecule has 0 saturated carbocycles. The highest BCUT2D eigenvalue weighted by Gasteiger charge is 2.32. The van der Waals surface area contributed by atoms with Gasteiger partial charge in [0.15, 0.2) is 17.3 Å². The van der Waals surface area contributed by atoms with Crippen molar-refractivity contribution in [2.24, 2.45) is 0 Å². The van der Waals surface area contributed by atoms with Gasteiger partial charge >= 0.3 is 0 Å². The van der Waals surface area contributed by atoms with E-state index in [1.54, 1.807) is 24.3 Å². The van der Waals surface area contributed by atoms with E-state index in [4.69, 9.17) is 18.9 Å². The van der Waals surface area contributed by atoms with Crippen LogP contribution in [-0.4, -0.2) is 64.7 Å². The van der Waals surface area contributed by atoms with E-state index in [0.29, 0.717) is 46.2 Å². The van der Waals surface area contributed by atoms with Crippen LogP contribution in [0.5, 0.6) is 28.7 Å². The van der Waals surface area contributed by atoms with Gasteiger partial charge in [-0.2, -0.15) is 0 Å². The van der Waals surface area contributed by atoms with E-state index in [9.17, 15) is 9.90 Å². The number of nitrogens with one attached hydrogen (secondary N) is 1. The summed E-state index contributed by atoms with van der Waals surface area (Å²) < 4.78 is 22.2. The summed E-state index contributed by atoms with van der Waals surface area (Å²) in [4.78, 5) is 16.8. The lowest BCUT2D eigenvalue weighted by atomic mass is 10.0. The predicted molar refractivity (Wildman–Crippen MR) is 121 cm³/mol. The molecule has 0 amide bonds. The Morgan fingerprint density at radius 3 is 2.33 bits per heavy atom. The number of methoxy groups -OCH3 is 3. The van der Waals surface area contributed by atoms with Gasteiger partial charge in [0.2, 0.25) is 11.5 Å². The second-order valence-electron chi connectivity index (χ2n) is 8.18. The highest BCUT2D eigenvalue weighted by atomic mass is 16.5. The molecule has 2 aromatic rings. The average Bonchev–Trinajstić information content (AvgIpc) is 3.15. The molecule has 33 heavy (non-hydrogen) atoms. The summed E-state index contributed by atoms with van der Waals surface area (Å²) in [5.74, 6) is 1.63. The number of carbonyl (C=O) groups excluding carboxylic acids is 1. The minimum atomic E-state index is -0.245. The third-order valence-corrected chi connectivity index (χ3v) is 6.32. The highest BCUT2D eigenvalue weighted by Crippen LogP contribution is 2.41. The monoisotopic (exact) mass is 454 g/mol. The maximum absolute atomic E-state index is 13.1. The van der Waals surface area contributed by atoms with Crippen LogP contribution in [0.2, 0.25) is 0 Å². The molecule has 1 fully saturated rings. The molecule has 2 aliphatic rings. The number of rotatable bonds is 7. The lowest BCUT2D eigenvalue weighted by Crippen LogP contribution is -3.13. The van der Waals surface area contributed by atoms with E-state index in [1.165, 1.54) is 32.3 Å². The molecule has 0 atom stereocenters.